The first-order valence-electron chi connectivity index (χ1n) is 11.0. The molecule has 172 valence electrons. The van der Waals surface area contributed by atoms with Crippen molar-refractivity contribution in [1.82, 2.24) is 9.62 Å². The van der Waals surface area contributed by atoms with Crippen LogP contribution in [0.3, 0.4) is 0 Å². The molecule has 1 aromatic rings. The molecule has 1 aliphatic heterocycles. The molecule has 31 heavy (non-hydrogen) atoms. The van der Waals surface area contributed by atoms with E-state index in [0.29, 0.717) is 24.9 Å². The van der Waals surface area contributed by atoms with E-state index in [2.05, 4.69) is 19.2 Å². The lowest BCUT2D eigenvalue weighted by molar-refractivity contribution is -0.125. The summed E-state index contributed by atoms with van der Waals surface area (Å²) in [5.74, 6) is -0.204. The number of halogens is 1. The number of sulfonamides is 1. The molecule has 1 aliphatic carbocycles. The molecule has 0 radical (unpaired) electrons. The number of carbonyl (C=O) groups excluding carboxylic acids is 2. The molecule has 3 rings (SSSR count). The zero-order chi connectivity index (χ0) is 22.6. The molecule has 7 nitrogen and oxygen atoms in total. The van der Waals surface area contributed by atoms with E-state index in [1.165, 1.54) is 22.5 Å². The lowest BCUT2D eigenvalue weighted by Crippen LogP contribution is -2.45. The maximum Gasteiger partial charge on any atom is 0.338 e. The normalized spacial score (nSPS) is 25.1. The predicted molar refractivity (Wildman–Crippen MR) is 118 cm³/mol. The quantitative estimate of drug-likeness (QED) is 0.641. The van der Waals surface area contributed by atoms with Crippen LogP contribution < -0.4 is 5.32 Å². The van der Waals surface area contributed by atoms with E-state index in [4.69, 9.17) is 16.3 Å². The summed E-state index contributed by atoms with van der Waals surface area (Å²) in [7, 11) is -3.80. The van der Waals surface area contributed by atoms with Gasteiger partial charge in [0.15, 0.2) is 6.61 Å². The molecule has 1 saturated heterocycles. The molecule has 1 saturated carbocycles. The van der Waals surface area contributed by atoms with Crippen molar-refractivity contribution in [3.63, 3.8) is 0 Å². The number of amides is 1. The lowest BCUT2D eigenvalue weighted by atomic mass is 9.78. The van der Waals surface area contributed by atoms with Gasteiger partial charge < -0.3 is 10.1 Å². The summed E-state index contributed by atoms with van der Waals surface area (Å²) in [5, 5.41) is 3.01. The Balaban J connectivity index is 1.63. The van der Waals surface area contributed by atoms with Crippen molar-refractivity contribution >= 4 is 33.5 Å². The lowest BCUT2D eigenvalue weighted by Gasteiger charge is -2.34. The zero-order valence-corrected chi connectivity index (χ0v) is 19.7. The van der Waals surface area contributed by atoms with Gasteiger partial charge in [0.1, 0.15) is 4.90 Å². The van der Waals surface area contributed by atoms with Gasteiger partial charge in [0.05, 0.1) is 10.6 Å². The van der Waals surface area contributed by atoms with Crippen LogP contribution in [0.5, 0.6) is 0 Å². The molecule has 0 spiro atoms. The Morgan fingerprint density at radius 2 is 1.84 bits per heavy atom. The van der Waals surface area contributed by atoms with Crippen LogP contribution in [0.2, 0.25) is 5.02 Å². The van der Waals surface area contributed by atoms with Crippen molar-refractivity contribution in [2.45, 2.75) is 63.3 Å². The highest BCUT2D eigenvalue weighted by atomic mass is 35.5. The van der Waals surface area contributed by atoms with E-state index < -0.39 is 22.6 Å². The van der Waals surface area contributed by atoms with Crippen molar-refractivity contribution in [2.24, 2.45) is 11.8 Å². The second-order valence-corrected chi connectivity index (χ2v) is 10.9. The summed E-state index contributed by atoms with van der Waals surface area (Å²) in [6.45, 7) is 4.77. The number of esters is 1. The number of piperidine rings is 1. The number of hydrogen-bond acceptors (Lipinski definition) is 5. The Bertz CT molecular complexity index is 914. The monoisotopic (exact) mass is 470 g/mol. The van der Waals surface area contributed by atoms with Crippen LogP contribution in [0.1, 0.15) is 62.7 Å². The number of rotatable bonds is 6. The third-order valence-corrected chi connectivity index (χ3v) is 8.87. The van der Waals surface area contributed by atoms with Gasteiger partial charge in [0.25, 0.3) is 5.91 Å². The van der Waals surface area contributed by atoms with E-state index in [0.717, 1.165) is 38.5 Å². The minimum atomic E-state index is -3.80. The van der Waals surface area contributed by atoms with Gasteiger partial charge in [-0.05, 0) is 49.3 Å². The molecule has 9 heteroatoms. The average Bonchev–Trinajstić information content (AvgIpc) is 2.76. The first-order chi connectivity index (χ1) is 14.7. The molecule has 1 aromatic carbocycles. The molecule has 1 N–H and O–H groups in total. The zero-order valence-electron chi connectivity index (χ0n) is 18.1. The molecular formula is C22H31ClN2O5S. The number of nitrogens with zero attached hydrogens (tertiary/aromatic N) is 1. The summed E-state index contributed by atoms with van der Waals surface area (Å²) >= 11 is 6.14. The highest BCUT2D eigenvalue weighted by Crippen LogP contribution is 2.30. The van der Waals surface area contributed by atoms with Crippen molar-refractivity contribution in [1.29, 1.82) is 0 Å². The molecular weight excluding hydrogens is 440 g/mol. The minimum Gasteiger partial charge on any atom is -0.452 e. The number of hydrogen-bond donors (Lipinski definition) is 1. The Labute approximate surface area is 189 Å². The highest BCUT2D eigenvalue weighted by molar-refractivity contribution is 7.89. The number of carbonyl (C=O) groups is 2. The Morgan fingerprint density at radius 3 is 2.55 bits per heavy atom. The molecule has 0 aromatic heterocycles. The topological polar surface area (TPSA) is 92.8 Å². The van der Waals surface area contributed by atoms with Gasteiger partial charge in [0.2, 0.25) is 10.0 Å². The third-order valence-electron chi connectivity index (χ3n) is 6.49. The van der Waals surface area contributed by atoms with Crippen LogP contribution in [0.15, 0.2) is 23.1 Å². The fourth-order valence-electron chi connectivity index (χ4n) is 4.32. The predicted octanol–water partition coefficient (Wildman–Crippen LogP) is 3.61. The number of ether oxygens (including phenoxy) is 1. The van der Waals surface area contributed by atoms with Crippen LogP contribution >= 0.6 is 11.6 Å². The molecule has 1 amide bonds. The van der Waals surface area contributed by atoms with Gasteiger partial charge in [-0.3, -0.25) is 4.79 Å². The maximum atomic E-state index is 13.0. The van der Waals surface area contributed by atoms with Crippen molar-refractivity contribution in [2.75, 3.05) is 19.7 Å². The average molecular weight is 471 g/mol. The summed E-state index contributed by atoms with van der Waals surface area (Å²) in [5.41, 5.74) is 0.0486. The first-order valence-corrected chi connectivity index (χ1v) is 12.8. The van der Waals surface area contributed by atoms with E-state index in [1.54, 1.807) is 0 Å². The Hall–Kier alpha value is -1.64. The first kappa shape index (κ1) is 24.0. The third kappa shape index (κ3) is 5.79. The molecule has 0 bridgehead atoms. The van der Waals surface area contributed by atoms with Gasteiger partial charge in [-0.2, -0.15) is 4.31 Å². The largest absolute Gasteiger partial charge is 0.452 e. The molecule has 0 unspecified atom stereocenters. The summed E-state index contributed by atoms with van der Waals surface area (Å²) in [6, 6.07) is 4.09. The molecule has 2 fully saturated rings. The summed E-state index contributed by atoms with van der Waals surface area (Å²) in [4.78, 5) is 24.6. The van der Waals surface area contributed by atoms with Crippen molar-refractivity contribution < 1.29 is 22.7 Å². The number of benzene rings is 1. The van der Waals surface area contributed by atoms with Crippen molar-refractivity contribution in [3.05, 3.63) is 28.8 Å². The maximum absolute atomic E-state index is 13.0. The van der Waals surface area contributed by atoms with Crippen LogP contribution in [0.25, 0.3) is 0 Å². The smallest absolute Gasteiger partial charge is 0.338 e. The van der Waals surface area contributed by atoms with Gasteiger partial charge in [0, 0.05) is 19.1 Å². The van der Waals surface area contributed by atoms with E-state index in [9.17, 15) is 18.0 Å². The molecule has 2 aliphatic rings. The Morgan fingerprint density at radius 1 is 1.13 bits per heavy atom. The van der Waals surface area contributed by atoms with Gasteiger partial charge in [-0.1, -0.05) is 44.7 Å². The molecule has 3 atom stereocenters. The van der Waals surface area contributed by atoms with Gasteiger partial charge in [-0.25, -0.2) is 13.2 Å². The second kappa shape index (κ2) is 10.3. The molecule has 1 heterocycles. The summed E-state index contributed by atoms with van der Waals surface area (Å²) < 4.78 is 32.4. The summed E-state index contributed by atoms with van der Waals surface area (Å²) in [6.07, 6.45) is 5.72. The Kier molecular flexibility index (Phi) is 7.99. The van der Waals surface area contributed by atoms with Gasteiger partial charge in [-0.15, -0.1) is 0 Å². The van der Waals surface area contributed by atoms with Crippen LogP contribution in [-0.2, 0) is 19.6 Å². The second-order valence-electron chi connectivity index (χ2n) is 8.63. The van der Waals surface area contributed by atoms with E-state index in [-0.39, 0.29) is 27.4 Å². The van der Waals surface area contributed by atoms with Crippen molar-refractivity contribution in [3.8, 4) is 0 Å². The van der Waals surface area contributed by atoms with Crippen LogP contribution in [-0.4, -0.2) is 50.3 Å². The fourth-order valence-corrected chi connectivity index (χ4v) is 6.34. The van der Waals surface area contributed by atoms with E-state index >= 15 is 0 Å². The van der Waals surface area contributed by atoms with Crippen LogP contribution in [0.4, 0.5) is 0 Å². The number of nitrogens with one attached hydrogen (secondary N) is 1. The SMILES string of the molecule is C[C@@H]1[C@H](C)CCC[C@@H]1NC(=O)COC(=O)c1ccc(Cl)c(S(=O)(=O)N2CCCCC2)c1. The van der Waals surface area contributed by atoms with Crippen LogP contribution in [0, 0.1) is 11.8 Å². The minimum absolute atomic E-state index is 0.0486. The fraction of sp³-hybridized carbons (Fsp3) is 0.636. The van der Waals surface area contributed by atoms with Gasteiger partial charge >= 0.3 is 5.97 Å². The standard InChI is InChI=1S/C22H31ClN2O5S/c1-15-7-6-8-19(16(15)2)24-21(26)14-30-22(27)17-9-10-18(23)20(13-17)31(28,29)25-11-4-3-5-12-25/h9-10,13,15-16,19H,3-8,11-12,14H2,1-2H3,(H,24,26)/t15-,16-,19+/m1/s1. The highest BCUT2D eigenvalue weighted by Gasteiger charge is 2.30. The van der Waals surface area contributed by atoms with E-state index in [1.807, 2.05) is 0 Å².